The van der Waals surface area contributed by atoms with Crippen molar-refractivity contribution in [1.29, 1.82) is 0 Å². The van der Waals surface area contributed by atoms with Gasteiger partial charge in [-0.3, -0.25) is 4.72 Å². The Balaban J connectivity index is 1.85. The molecule has 0 amide bonds. The molecule has 0 fully saturated rings. The van der Waals surface area contributed by atoms with Crippen molar-refractivity contribution in [2.24, 2.45) is 7.05 Å². The monoisotopic (exact) mass is 348 g/mol. The largest absolute Gasteiger partial charge is 0.324 e. The average Bonchev–Trinajstić information content (AvgIpc) is 2.89. The number of hydrogen-bond acceptors (Lipinski definition) is 4. The number of nitrogens with zero attached hydrogens (tertiary/aromatic N) is 3. The smallest absolute Gasteiger partial charge is 0.283 e. The van der Waals surface area contributed by atoms with Crippen molar-refractivity contribution in [2.45, 2.75) is 5.03 Å². The molecule has 0 bridgehead atoms. The molecule has 0 atom stereocenters. The van der Waals surface area contributed by atoms with Gasteiger partial charge in [0, 0.05) is 18.8 Å². The Morgan fingerprint density at radius 3 is 2.35 bits per heavy atom. The molecule has 0 aliphatic carbocycles. The van der Waals surface area contributed by atoms with E-state index in [0.717, 1.165) is 11.1 Å². The molecule has 118 valence electrons. The van der Waals surface area contributed by atoms with E-state index in [0.29, 0.717) is 0 Å². The lowest BCUT2D eigenvalue weighted by Crippen LogP contribution is -2.15. The molecule has 0 saturated carbocycles. The van der Waals surface area contributed by atoms with E-state index < -0.39 is 10.0 Å². The summed E-state index contributed by atoms with van der Waals surface area (Å²) in [6.45, 7) is 0. The minimum absolute atomic E-state index is 0.0402. The molecule has 0 radical (unpaired) electrons. The molecule has 1 N–H and O–H groups in total. The third-order valence-electron chi connectivity index (χ3n) is 3.20. The van der Waals surface area contributed by atoms with E-state index in [-0.39, 0.29) is 16.0 Å². The minimum Gasteiger partial charge on any atom is -0.324 e. The Morgan fingerprint density at radius 1 is 1.04 bits per heavy atom. The second-order valence-electron chi connectivity index (χ2n) is 4.86. The second kappa shape index (κ2) is 6.02. The van der Waals surface area contributed by atoms with E-state index in [1.54, 1.807) is 25.4 Å². The van der Waals surface area contributed by atoms with Crippen LogP contribution in [-0.4, -0.2) is 23.0 Å². The van der Waals surface area contributed by atoms with Gasteiger partial charge in [0.25, 0.3) is 10.0 Å². The molecule has 0 saturated heterocycles. The topological polar surface area (TPSA) is 76.9 Å². The highest BCUT2D eigenvalue weighted by molar-refractivity contribution is 7.92. The first-order chi connectivity index (χ1) is 11.0. The maximum Gasteiger partial charge on any atom is 0.283 e. The number of anilines is 1. The first-order valence-electron chi connectivity index (χ1n) is 6.68. The maximum atomic E-state index is 12.3. The second-order valence-corrected chi connectivity index (χ2v) is 6.81. The highest BCUT2D eigenvalue weighted by Gasteiger charge is 2.22. The number of rotatable bonds is 4. The molecular formula is C15H13ClN4O2S. The third-order valence-corrected chi connectivity index (χ3v) is 5.04. The average molecular weight is 349 g/mol. The van der Waals surface area contributed by atoms with Crippen LogP contribution < -0.4 is 4.72 Å². The maximum absolute atomic E-state index is 12.3. The zero-order chi connectivity index (χ0) is 16.4. The van der Waals surface area contributed by atoms with Gasteiger partial charge >= 0.3 is 0 Å². The lowest BCUT2D eigenvalue weighted by atomic mass is 10.1. The highest BCUT2D eigenvalue weighted by Crippen LogP contribution is 2.23. The van der Waals surface area contributed by atoms with Gasteiger partial charge in [-0.05, 0) is 17.7 Å². The van der Waals surface area contributed by atoms with Crippen LogP contribution >= 0.6 is 11.6 Å². The lowest BCUT2D eigenvalue weighted by molar-refractivity contribution is 0.598. The van der Waals surface area contributed by atoms with Gasteiger partial charge in [-0.25, -0.2) is 9.97 Å². The normalized spacial score (nSPS) is 11.4. The summed E-state index contributed by atoms with van der Waals surface area (Å²) < 4.78 is 28.3. The van der Waals surface area contributed by atoms with Crippen LogP contribution in [0.1, 0.15) is 0 Å². The zero-order valence-corrected chi connectivity index (χ0v) is 13.7. The van der Waals surface area contributed by atoms with Crippen LogP contribution in [0.2, 0.25) is 5.15 Å². The summed E-state index contributed by atoms with van der Waals surface area (Å²) in [6.07, 6.45) is 2.94. The number of imidazole rings is 1. The van der Waals surface area contributed by atoms with Gasteiger partial charge in [0.1, 0.15) is 11.0 Å². The van der Waals surface area contributed by atoms with Gasteiger partial charge in [0.15, 0.2) is 0 Å². The van der Waals surface area contributed by atoms with Crippen LogP contribution in [0.15, 0.2) is 60.0 Å². The number of aromatic nitrogens is 3. The summed E-state index contributed by atoms with van der Waals surface area (Å²) in [5, 5.41) is -0.186. The number of pyridine rings is 1. The van der Waals surface area contributed by atoms with Crippen LogP contribution in [0, 0.1) is 0 Å². The van der Waals surface area contributed by atoms with Crippen molar-refractivity contribution >= 4 is 27.4 Å². The van der Waals surface area contributed by atoms with Crippen LogP contribution in [0.4, 0.5) is 5.82 Å². The Kier molecular flexibility index (Phi) is 4.06. The van der Waals surface area contributed by atoms with Crippen LogP contribution in [0.5, 0.6) is 0 Å². The van der Waals surface area contributed by atoms with E-state index in [1.165, 1.54) is 10.9 Å². The molecule has 1 aromatic carbocycles. The molecular weight excluding hydrogens is 336 g/mol. The molecule has 2 heterocycles. The van der Waals surface area contributed by atoms with Gasteiger partial charge in [-0.1, -0.05) is 41.9 Å². The van der Waals surface area contributed by atoms with Gasteiger partial charge in [-0.15, -0.1) is 0 Å². The molecule has 6 nitrogen and oxygen atoms in total. The zero-order valence-electron chi connectivity index (χ0n) is 12.1. The molecule has 0 aliphatic rings. The number of halogens is 1. The summed E-state index contributed by atoms with van der Waals surface area (Å²) in [7, 11) is -2.26. The van der Waals surface area contributed by atoms with Crippen LogP contribution in [0.3, 0.4) is 0 Å². The van der Waals surface area contributed by atoms with Crippen molar-refractivity contribution in [3.8, 4) is 11.1 Å². The van der Waals surface area contributed by atoms with Crippen molar-refractivity contribution in [2.75, 3.05) is 4.72 Å². The fraction of sp³-hybridized carbons (Fsp3) is 0.0667. The quantitative estimate of drug-likeness (QED) is 0.786. The minimum atomic E-state index is -3.88. The first-order valence-corrected chi connectivity index (χ1v) is 8.54. The van der Waals surface area contributed by atoms with E-state index in [1.807, 2.05) is 30.3 Å². The Bertz CT molecular complexity index is 922. The molecule has 2 aromatic heterocycles. The Labute approximate surface area is 138 Å². The number of sulfonamides is 1. The molecule has 8 heteroatoms. The fourth-order valence-corrected chi connectivity index (χ4v) is 3.46. The van der Waals surface area contributed by atoms with Crippen LogP contribution in [-0.2, 0) is 17.1 Å². The van der Waals surface area contributed by atoms with Crippen molar-refractivity contribution in [1.82, 2.24) is 14.5 Å². The third kappa shape index (κ3) is 3.20. The van der Waals surface area contributed by atoms with Crippen molar-refractivity contribution < 1.29 is 8.42 Å². The van der Waals surface area contributed by atoms with Crippen LogP contribution in [0.25, 0.3) is 11.1 Å². The number of aryl methyl sites for hydroxylation is 1. The number of hydrogen-bond donors (Lipinski definition) is 1. The molecule has 3 rings (SSSR count). The molecule has 0 unspecified atom stereocenters. The Morgan fingerprint density at radius 2 is 1.78 bits per heavy atom. The summed E-state index contributed by atoms with van der Waals surface area (Å²) in [4.78, 5) is 7.94. The molecule has 23 heavy (non-hydrogen) atoms. The summed E-state index contributed by atoms with van der Waals surface area (Å²) >= 11 is 5.93. The standard InChI is InChI=1S/C15H13ClN4O2S/c1-20-10-18-15(14(20)16)23(21,22)19-13-8-7-12(9-17-13)11-5-3-2-4-6-11/h2-10H,1H3,(H,17,19). The van der Waals surface area contributed by atoms with E-state index in [9.17, 15) is 8.42 Å². The molecule has 0 aliphatic heterocycles. The van der Waals surface area contributed by atoms with Gasteiger partial charge in [-0.2, -0.15) is 8.42 Å². The Hall–Kier alpha value is -2.38. The SMILES string of the molecule is Cn1cnc(S(=O)(=O)Nc2ccc(-c3ccccc3)cn2)c1Cl. The summed E-state index contributed by atoms with van der Waals surface area (Å²) in [6, 6.07) is 13.1. The molecule has 0 spiro atoms. The highest BCUT2D eigenvalue weighted by atomic mass is 35.5. The van der Waals surface area contributed by atoms with Gasteiger partial charge in [0.05, 0.1) is 6.33 Å². The first kappa shape index (κ1) is 15.5. The summed E-state index contributed by atoms with van der Waals surface area (Å²) in [5.74, 6) is 0.200. The lowest BCUT2D eigenvalue weighted by Gasteiger charge is -2.07. The van der Waals surface area contributed by atoms with E-state index in [2.05, 4.69) is 14.7 Å². The van der Waals surface area contributed by atoms with Gasteiger partial charge < -0.3 is 4.57 Å². The predicted octanol–water partition coefficient (Wildman–Crippen LogP) is 2.94. The number of benzene rings is 1. The molecule has 3 aromatic rings. The summed E-state index contributed by atoms with van der Waals surface area (Å²) in [5.41, 5.74) is 1.89. The van der Waals surface area contributed by atoms with Crippen molar-refractivity contribution in [3.05, 3.63) is 60.1 Å². The van der Waals surface area contributed by atoms with Crippen molar-refractivity contribution in [3.63, 3.8) is 0 Å². The number of nitrogens with one attached hydrogen (secondary N) is 1. The van der Waals surface area contributed by atoms with E-state index in [4.69, 9.17) is 11.6 Å². The van der Waals surface area contributed by atoms with Gasteiger partial charge in [0.2, 0.25) is 5.03 Å². The predicted molar refractivity (Wildman–Crippen MR) is 88.7 cm³/mol. The van der Waals surface area contributed by atoms with E-state index >= 15 is 0 Å². The fourth-order valence-electron chi connectivity index (χ4n) is 2.02.